The smallest absolute Gasteiger partial charge is 0.235 e. The van der Waals surface area contributed by atoms with Gasteiger partial charge in [-0.1, -0.05) is 23.7 Å². The van der Waals surface area contributed by atoms with Crippen LogP contribution in [0.4, 0.5) is 0 Å². The topological polar surface area (TPSA) is 29.1 Å². The van der Waals surface area contributed by atoms with Gasteiger partial charge in [0.05, 0.1) is 0 Å². The van der Waals surface area contributed by atoms with E-state index in [2.05, 4.69) is 5.32 Å². The zero-order valence-corrected chi connectivity index (χ0v) is 9.32. The fraction of sp³-hybridized carbons (Fsp3) is 0.300. The summed E-state index contributed by atoms with van der Waals surface area (Å²) in [5.41, 5.74) is 2.02. The van der Waals surface area contributed by atoms with Crippen LogP contribution in [0.25, 0.3) is 0 Å². The molecular formula is C10H11Cl2NO. The number of aryl methyl sites for hydroxylation is 1. The van der Waals surface area contributed by atoms with Gasteiger partial charge in [-0.2, -0.15) is 0 Å². The number of hydrogen-bond donors (Lipinski definition) is 1. The van der Waals surface area contributed by atoms with E-state index in [-0.39, 0.29) is 11.8 Å². The molecule has 76 valence electrons. The maximum atomic E-state index is 10.9. The first-order valence-corrected chi connectivity index (χ1v) is 5.12. The van der Waals surface area contributed by atoms with Gasteiger partial charge in [0.15, 0.2) is 0 Å². The average molecular weight is 232 g/mol. The Bertz CT molecular complexity index is 339. The fourth-order valence-corrected chi connectivity index (χ4v) is 1.28. The van der Waals surface area contributed by atoms with Gasteiger partial charge in [-0.05, 0) is 24.1 Å². The summed E-state index contributed by atoms with van der Waals surface area (Å²) in [6, 6.07) is 5.64. The lowest BCUT2D eigenvalue weighted by molar-refractivity contribution is -0.118. The van der Waals surface area contributed by atoms with E-state index in [4.69, 9.17) is 23.2 Å². The SMILES string of the molecule is Cc1cc(CNC(=O)CCl)ccc1Cl. The van der Waals surface area contributed by atoms with Gasteiger partial charge in [-0.15, -0.1) is 11.6 Å². The number of carbonyl (C=O) groups is 1. The number of benzene rings is 1. The number of nitrogens with one attached hydrogen (secondary N) is 1. The summed E-state index contributed by atoms with van der Waals surface area (Å²) in [6.07, 6.45) is 0. The highest BCUT2D eigenvalue weighted by Crippen LogP contribution is 2.15. The lowest BCUT2D eigenvalue weighted by atomic mass is 10.1. The maximum Gasteiger partial charge on any atom is 0.235 e. The van der Waals surface area contributed by atoms with Crippen LogP contribution >= 0.6 is 23.2 Å². The van der Waals surface area contributed by atoms with Crippen LogP contribution in [0.15, 0.2) is 18.2 Å². The first-order valence-electron chi connectivity index (χ1n) is 4.21. The number of amides is 1. The molecule has 1 aromatic rings. The van der Waals surface area contributed by atoms with Crippen molar-refractivity contribution >= 4 is 29.1 Å². The lowest BCUT2D eigenvalue weighted by Crippen LogP contribution is -2.23. The summed E-state index contributed by atoms with van der Waals surface area (Å²) in [6.45, 7) is 2.42. The van der Waals surface area contributed by atoms with Crippen molar-refractivity contribution in [3.05, 3.63) is 34.3 Å². The second-order valence-corrected chi connectivity index (χ2v) is 3.67. The molecule has 1 rings (SSSR count). The summed E-state index contributed by atoms with van der Waals surface area (Å²) in [5.74, 6) is -0.175. The summed E-state index contributed by atoms with van der Waals surface area (Å²) < 4.78 is 0. The maximum absolute atomic E-state index is 10.9. The van der Waals surface area contributed by atoms with Gasteiger partial charge < -0.3 is 5.32 Å². The molecule has 0 unspecified atom stereocenters. The molecule has 0 aliphatic rings. The Morgan fingerprint density at radius 2 is 2.21 bits per heavy atom. The van der Waals surface area contributed by atoms with E-state index in [1.807, 2.05) is 25.1 Å². The minimum absolute atomic E-state index is 0.00737. The Morgan fingerprint density at radius 1 is 1.50 bits per heavy atom. The fourth-order valence-electron chi connectivity index (χ4n) is 1.06. The van der Waals surface area contributed by atoms with Gasteiger partial charge >= 0.3 is 0 Å². The molecule has 0 saturated carbocycles. The van der Waals surface area contributed by atoms with Crippen molar-refractivity contribution in [2.24, 2.45) is 0 Å². The van der Waals surface area contributed by atoms with E-state index in [9.17, 15) is 4.79 Å². The van der Waals surface area contributed by atoms with E-state index in [1.54, 1.807) is 0 Å². The van der Waals surface area contributed by atoms with Gasteiger partial charge in [-0.3, -0.25) is 4.79 Å². The molecular weight excluding hydrogens is 221 g/mol. The van der Waals surface area contributed by atoms with Crippen LogP contribution in [0.1, 0.15) is 11.1 Å². The molecule has 1 amide bonds. The van der Waals surface area contributed by atoms with Crippen LogP contribution in [0.5, 0.6) is 0 Å². The van der Waals surface area contributed by atoms with Crippen molar-refractivity contribution in [2.45, 2.75) is 13.5 Å². The molecule has 0 radical (unpaired) electrons. The van der Waals surface area contributed by atoms with Crippen LogP contribution < -0.4 is 5.32 Å². The standard InChI is InChI=1S/C10H11Cl2NO/c1-7-4-8(2-3-9(7)12)6-13-10(14)5-11/h2-4H,5-6H2,1H3,(H,13,14). The third kappa shape index (κ3) is 3.20. The number of hydrogen-bond acceptors (Lipinski definition) is 1. The molecule has 1 aromatic carbocycles. The van der Waals surface area contributed by atoms with Crippen molar-refractivity contribution in [1.29, 1.82) is 0 Å². The van der Waals surface area contributed by atoms with Crippen LogP contribution in [-0.4, -0.2) is 11.8 Å². The molecule has 0 atom stereocenters. The largest absolute Gasteiger partial charge is 0.351 e. The molecule has 2 nitrogen and oxygen atoms in total. The highest BCUT2D eigenvalue weighted by molar-refractivity contribution is 6.31. The Labute approximate surface area is 93.2 Å². The van der Waals surface area contributed by atoms with Crippen LogP contribution in [0, 0.1) is 6.92 Å². The highest BCUT2D eigenvalue weighted by Gasteiger charge is 2.00. The zero-order chi connectivity index (χ0) is 10.6. The van der Waals surface area contributed by atoms with Crippen LogP contribution in [-0.2, 0) is 11.3 Å². The molecule has 0 spiro atoms. The summed E-state index contributed by atoms with van der Waals surface area (Å²) >= 11 is 11.2. The zero-order valence-electron chi connectivity index (χ0n) is 7.81. The van der Waals surface area contributed by atoms with Gasteiger partial charge in [0.1, 0.15) is 5.88 Å². The number of alkyl halides is 1. The third-order valence-corrected chi connectivity index (χ3v) is 2.50. The normalized spacial score (nSPS) is 9.93. The van der Waals surface area contributed by atoms with Crippen molar-refractivity contribution in [2.75, 3.05) is 5.88 Å². The number of carbonyl (C=O) groups excluding carboxylic acids is 1. The van der Waals surface area contributed by atoms with E-state index < -0.39 is 0 Å². The molecule has 0 bridgehead atoms. The van der Waals surface area contributed by atoms with Crippen molar-refractivity contribution in [1.82, 2.24) is 5.32 Å². The van der Waals surface area contributed by atoms with Gasteiger partial charge in [0, 0.05) is 11.6 Å². The Balaban J connectivity index is 2.60. The number of rotatable bonds is 3. The molecule has 0 aliphatic carbocycles. The Morgan fingerprint density at radius 3 is 2.79 bits per heavy atom. The van der Waals surface area contributed by atoms with Crippen LogP contribution in [0.2, 0.25) is 5.02 Å². The predicted molar refractivity (Wildman–Crippen MR) is 58.8 cm³/mol. The number of halogens is 2. The lowest BCUT2D eigenvalue weighted by Gasteiger charge is -2.05. The molecule has 4 heteroatoms. The summed E-state index contributed by atoms with van der Waals surface area (Å²) in [4.78, 5) is 10.9. The van der Waals surface area contributed by atoms with E-state index in [0.29, 0.717) is 6.54 Å². The van der Waals surface area contributed by atoms with Crippen molar-refractivity contribution in [3.8, 4) is 0 Å². The second-order valence-electron chi connectivity index (χ2n) is 2.99. The second kappa shape index (κ2) is 5.23. The first kappa shape index (κ1) is 11.3. The third-order valence-electron chi connectivity index (χ3n) is 1.83. The van der Waals surface area contributed by atoms with Gasteiger partial charge in [-0.25, -0.2) is 0 Å². The van der Waals surface area contributed by atoms with E-state index in [0.717, 1.165) is 16.1 Å². The summed E-state index contributed by atoms with van der Waals surface area (Å²) in [7, 11) is 0. The average Bonchev–Trinajstić information content (AvgIpc) is 2.19. The molecule has 0 fully saturated rings. The Kier molecular flexibility index (Phi) is 4.23. The van der Waals surface area contributed by atoms with Gasteiger partial charge in [0.25, 0.3) is 0 Å². The van der Waals surface area contributed by atoms with E-state index >= 15 is 0 Å². The molecule has 0 aromatic heterocycles. The molecule has 14 heavy (non-hydrogen) atoms. The van der Waals surface area contributed by atoms with Gasteiger partial charge in [0.2, 0.25) is 5.91 Å². The Hall–Kier alpha value is -0.730. The predicted octanol–water partition coefficient (Wildman–Crippen LogP) is 2.50. The first-order chi connectivity index (χ1) is 6.63. The summed E-state index contributed by atoms with van der Waals surface area (Å²) in [5, 5.41) is 3.42. The quantitative estimate of drug-likeness (QED) is 0.797. The molecule has 0 aliphatic heterocycles. The monoisotopic (exact) mass is 231 g/mol. The van der Waals surface area contributed by atoms with Crippen molar-refractivity contribution < 1.29 is 4.79 Å². The molecule has 0 heterocycles. The van der Waals surface area contributed by atoms with Crippen LogP contribution in [0.3, 0.4) is 0 Å². The van der Waals surface area contributed by atoms with E-state index in [1.165, 1.54) is 0 Å². The van der Waals surface area contributed by atoms with Crippen molar-refractivity contribution in [3.63, 3.8) is 0 Å². The molecule has 0 saturated heterocycles. The molecule has 1 N–H and O–H groups in total. The highest BCUT2D eigenvalue weighted by atomic mass is 35.5. The minimum atomic E-state index is -0.167. The minimum Gasteiger partial charge on any atom is -0.351 e.